The summed E-state index contributed by atoms with van der Waals surface area (Å²) in [6.07, 6.45) is 3.66. The lowest BCUT2D eigenvalue weighted by Gasteiger charge is -2.15. The fourth-order valence-electron chi connectivity index (χ4n) is 1.95. The summed E-state index contributed by atoms with van der Waals surface area (Å²) < 4.78 is 34.3. The van der Waals surface area contributed by atoms with Gasteiger partial charge in [-0.05, 0) is 18.1 Å². The van der Waals surface area contributed by atoms with E-state index in [-0.39, 0.29) is 18.9 Å². The molecule has 1 aromatic rings. The quantitative estimate of drug-likeness (QED) is 0.750. The fourth-order valence-corrected chi connectivity index (χ4v) is 2.65. The van der Waals surface area contributed by atoms with Gasteiger partial charge in [-0.15, -0.1) is 3.89 Å². The number of carbonyl (C=O) groups is 1. The second-order valence-electron chi connectivity index (χ2n) is 4.25. The van der Waals surface area contributed by atoms with Gasteiger partial charge >= 0.3 is 10.2 Å². The van der Waals surface area contributed by atoms with Gasteiger partial charge in [0.15, 0.2) is 0 Å². The second-order valence-corrected chi connectivity index (χ2v) is 5.87. The normalized spacial score (nSPS) is 20.4. The van der Waals surface area contributed by atoms with Gasteiger partial charge in [-0.1, -0.05) is 6.07 Å². The van der Waals surface area contributed by atoms with E-state index in [9.17, 15) is 17.1 Å². The van der Waals surface area contributed by atoms with Crippen LogP contribution in [0.4, 0.5) is 3.89 Å². The molecule has 18 heavy (non-hydrogen) atoms. The van der Waals surface area contributed by atoms with E-state index < -0.39 is 15.5 Å². The molecule has 1 fully saturated rings. The highest BCUT2D eigenvalue weighted by molar-refractivity contribution is 7.87. The Balaban J connectivity index is 1.94. The van der Waals surface area contributed by atoms with Crippen molar-refractivity contribution in [3.8, 4) is 0 Å². The van der Waals surface area contributed by atoms with Crippen LogP contribution in [-0.4, -0.2) is 42.5 Å². The number of nitrogens with zero attached hydrogens (tertiary/aromatic N) is 2. The smallest absolute Gasteiger partial charge is 0.307 e. The Labute approximate surface area is 105 Å². The van der Waals surface area contributed by atoms with E-state index >= 15 is 0 Å². The molecule has 0 aliphatic carbocycles. The summed E-state index contributed by atoms with van der Waals surface area (Å²) in [6.45, 7) is 0.328. The third kappa shape index (κ3) is 3.04. The molecule has 2 rings (SSSR count). The van der Waals surface area contributed by atoms with E-state index in [1.165, 1.54) is 4.90 Å². The Morgan fingerprint density at radius 3 is 2.83 bits per heavy atom. The van der Waals surface area contributed by atoms with E-state index in [0.29, 0.717) is 13.0 Å². The number of likely N-dealkylation sites (tertiary alicyclic amines) is 1. The highest BCUT2D eigenvalue weighted by Gasteiger charge is 2.37. The predicted octanol–water partition coefficient (Wildman–Crippen LogP) is 0.524. The average molecular weight is 272 g/mol. The summed E-state index contributed by atoms with van der Waals surface area (Å²) in [5.41, 5.74) is 0.955. The Bertz CT molecular complexity index is 532. The van der Waals surface area contributed by atoms with Crippen LogP contribution in [0.5, 0.6) is 0 Å². The van der Waals surface area contributed by atoms with Crippen molar-refractivity contribution >= 4 is 16.1 Å². The van der Waals surface area contributed by atoms with Gasteiger partial charge in [0.25, 0.3) is 0 Å². The van der Waals surface area contributed by atoms with Crippen molar-refractivity contribution in [3.05, 3.63) is 30.1 Å². The molecular weight excluding hydrogens is 259 g/mol. The van der Waals surface area contributed by atoms with Gasteiger partial charge < -0.3 is 4.90 Å². The lowest BCUT2D eigenvalue weighted by molar-refractivity contribution is -0.127. The van der Waals surface area contributed by atoms with Crippen LogP contribution in [0, 0.1) is 0 Å². The van der Waals surface area contributed by atoms with Gasteiger partial charge in [0.2, 0.25) is 5.91 Å². The van der Waals surface area contributed by atoms with Crippen LogP contribution in [-0.2, 0) is 21.4 Å². The van der Waals surface area contributed by atoms with E-state index in [0.717, 1.165) is 5.56 Å². The number of hydrogen-bond acceptors (Lipinski definition) is 4. The van der Waals surface area contributed by atoms with Crippen molar-refractivity contribution in [2.24, 2.45) is 0 Å². The Hall–Kier alpha value is -1.50. The summed E-state index contributed by atoms with van der Waals surface area (Å²) in [4.78, 5) is 16.9. The standard InChI is InChI=1S/C11H13FN2O3S/c12-18(16,17)10-6-11(15)14(8-10)5-3-9-2-1-4-13-7-9/h1-2,4,7,10H,3,5-6,8H2. The van der Waals surface area contributed by atoms with Crippen LogP contribution in [0.3, 0.4) is 0 Å². The van der Waals surface area contributed by atoms with Gasteiger partial charge in [0.05, 0.1) is 0 Å². The zero-order valence-corrected chi connectivity index (χ0v) is 10.4. The second kappa shape index (κ2) is 5.01. The Kier molecular flexibility index (Phi) is 3.60. The molecular formula is C11H13FN2O3S. The first-order chi connectivity index (χ1) is 8.47. The Morgan fingerprint density at radius 1 is 1.50 bits per heavy atom. The number of carbonyl (C=O) groups excluding carboxylic acids is 1. The molecule has 1 unspecified atom stereocenters. The first-order valence-corrected chi connectivity index (χ1v) is 7.01. The maximum absolute atomic E-state index is 12.8. The molecule has 0 aromatic carbocycles. The zero-order chi connectivity index (χ0) is 13.2. The van der Waals surface area contributed by atoms with E-state index in [1.807, 2.05) is 6.07 Å². The predicted molar refractivity (Wildman–Crippen MR) is 63.0 cm³/mol. The summed E-state index contributed by atoms with van der Waals surface area (Å²) >= 11 is 0. The molecule has 1 saturated heterocycles. The highest BCUT2D eigenvalue weighted by atomic mass is 32.3. The lowest BCUT2D eigenvalue weighted by Crippen LogP contribution is -2.29. The van der Waals surface area contributed by atoms with Gasteiger partial charge in [-0.25, -0.2) is 0 Å². The van der Waals surface area contributed by atoms with Crippen molar-refractivity contribution in [1.29, 1.82) is 0 Å². The van der Waals surface area contributed by atoms with Gasteiger partial charge in [0.1, 0.15) is 5.25 Å². The Morgan fingerprint density at radius 2 is 2.28 bits per heavy atom. The fraction of sp³-hybridized carbons (Fsp3) is 0.455. The lowest BCUT2D eigenvalue weighted by atomic mass is 10.2. The summed E-state index contributed by atoms with van der Waals surface area (Å²) in [7, 11) is -4.63. The maximum atomic E-state index is 12.8. The van der Waals surface area contributed by atoms with Crippen LogP contribution in [0.1, 0.15) is 12.0 Å². The monoisotopic (exact) mass is 272 g/mol. The average Bonchev–Trinajstić information content (AvgIpc) is 2.69. The third-order valence-corrected chi connectivity index (χ3v) is 4.08. The first-order valence-electron chi connectivity index (χ1n) is 5.57. The third-order valence-electron chi connectivity index (χ3n) is 2.97. The number of amides is 1. The molecule has 0 N–H and O–H groups in total. The minimum absolute atomic E-state index is 0.0576. The van der Waals surface area contributed by atoms with Crippen LogP contribution in [0.2, 0.25) is 0 Å². The molecule has 5 nitrogen and oxygen atoms in total. The number of halogens is 1. The molecule has 0 saturated carbocycles. The van der Waals surface area contributed by atoms with Crippen LogP contribution in [0.15, 0.2) is 24.5 Å². The van der Waals surface area contributed by atoms with Crippen LogP contribution in [0.25, 0.3) is 0 Å². The summed E-state index contributed by atoms with van der Waals surface area (Å²) in [6, 6.07) is 3.66. The molecule has 2 heterocycles. The molecule has 0 bridgehead atoms. The van der Waals surface area contributed by atoms with Crippen LogP contribution >= 0.6 is 0 Å². The van der Waals surface area contributed by atoms with Gasteiger partial charge in [-0.3, -0.25) is 9.78 Å². The van der Waals surface area contributed by atoms with Gasteiger partial charge in [-0.2, -0.15) is 8.42 Å². The number of hydrogen-bond donors (Lipinski definition) is 0. The maximum Gasteiger partial charge on any atom is 0.307 e. The van der Waals surface area contributed by atoms with Gasteiger partial charge in [0, 0.05) is 31.9 Å². The topological polar surface area (TPSA) is 67.3 Å². The molecule has 1 aliphatic heterocycles. The van der Waals surface area contributed by atoms with Crippen molar-refractivity contribution < 1.29 is 17.1 Å². The van der Waals surface area contributed by atoms with Crippen molar-refractivity contribution in [3.63, 3.8) is 0 Å². The number of pyridine rings is 1. The zero-order valence-electron chi connectivity index (χ0n) is 9.62. The molecule has 1 amide bonds. The minimum Gasteiger partial charge on any atom is -0.341 e. The molecule has 7 heteroatoms. The SMILES string of the molecule is O=C1CC(S(=O)(=O)F)CN1CCc1cccnc1. The first kappa shape index (κ1) is 12.9. The molecule has 0 radical (unpaired) electrons. The molecule has 1 atom stereocenters. The molecule has 1 aromatic heterocycles. The van der Waals surface area contributed by atoms with Crippen molar-refractivity contribution in [2.45, 2.75) is 18.1 Å². The summed E-state index contributed by atoms with van der Waals surface area (Å²) in [5, 5.41) is -1.21. The number of aromatic nitrogens is 1. The molecule has 98 valence electrons. The van der Waals surface area contributed by atoms with Crippen molar-refractivity contribution in [2.75, 3.05) is 13.1 Å². The molecule has 0 spiro atoms. The van der Waals surface area contributed by atoms with E-state index in [1.54, 1.807) is 18.5 Å². The molecule has 1 aliphatic rings. The minimum atomic E-state index is -4.63. The number of rotatable bonds is 4. The van der Waals surface area contributed by atoms with Crippen LogP contribution < -0.4 is 0 Å². The van der Waals surface area contributed by atoms with E-state index in [2.05, 4.69) is 4.98 Å². The largest absolute Gasteiger partial charge is 0.341 e. The van der Waals surface area contributed by atoms with Crippen molar-refractivity contribution in [1.82, 2.24) is 9.88 Å². The van der Waals surface area contributed by atoms with E-state index in [4.69, 9.17) is 0 Å². The highest BCUT2D eigenvalue weighted by Crippen LogP contribution is 2.19. The summed E-state index contributed by atoms with van der Waals surface area (Å²) in [5.74, 6) is -0.315.